The van der Waals surface area contributed by atoms with Crippen molar-refractivity contribution >= 4 is 23.9 Å². The molecule has 93 heavy (non-hydrogen) atoms. The van der Waals surface area contributed by atoms with Gasteiger partial charge in [0.05, 0.1) is 64.0 Å². The van der Waals surface area contributed by atoms with E-state index in [-0.39, 0.29) is 11.1 Å². The summed E-state index contributed by atoms with van der Waals surface area (Å²) in [4.78, 5) is 56.5. The number of aliphatic hydroxyl groups is 4. The van der Waals surface area contributed by atoms with E-state index in [1.807, 2.05) is 0 Å². The average Bonchev–Trinajstić information content (AvgIpc) is 3.51. The zero-order chi connectivity index (χ0) is 67.9. The van der Waals surface area contributed by atoms with Crippen molar-refractivity contribution in [2.24, 2.45) is 16.2 Å². The number of rotatable bonds is 64. The second-order valence-corrected chi connectivity index (χ2v) is 27.1. The van der Waals surface area contributed by atoms with Crippen LogP contribution in [0.25, 0.3) is 0 Å². The average molecular weight is 1310 g/mol. The first-order chi connectivity index (χ1) is 45.2. The lowest BCUT2D eigenvalue weighted by Crippen LogP contribution is -2.47. The standard InChI is InChI=1S/C77H132O16/c1-7-11-15-19-23-27-31-35-39-43-47-86-67-51-65(52-68(55-67)87-48-44-40-36-32-28-24-20-16-12-8-2)71(82)90-61-77(63-92-73(84)75(5,57-78)58-79,64-93-74(85)76(6,59-80)60-81)62-91-72(83)66-53-69(88-49-45-41-37-33-29-25-21-17-13-9-3)56-70(54-66)89-50-46-42-38-34-30-26-22-18-14-10-4/h51-56,78-81H,7-50,57-64H2,1-6H3. The van der Waals surface area contributed by atoms with Gasteiger partial charge in [-0.3, -0.25) is 9.59 Å². The quantitative estimate of drug-likeness (QED) is 0.0275. The van der Waals surface area contributed by atoms with Crippen molar-refractivity contribution in [3.05, 3.63) is 47.5 Å². The maximum absolute atomic E-state index is 14.5. The molecule has 0 radical (unpaired) electrons. The van der Waals surface area contributed by atoms with Crippen molar-refractivity contribution in [3.63, 3.8) is 0 Å². The Labute approximate surface area is 563 Å². The van der Waals surface area contributed by atoms with Crippen molar-refractivity contribution in [2.45, 2.75) is 298 Å². The number of carbonyl (C=O) groups is 4. The highest BCUT2D eigenvalue weighted by Gasteiger charge is 2.43. The summed E-state index contributed by atoms with van der Waals surface area (Å²) in [6.07, 6.45) is 46.6. The minimum Gasteiger partial charge on any atom is -0.493 e. The van der Waals surface area contributed by atoms with E-state index in [2.05, 4.69) is 27.7 Å². The van der Waals surface area contributed by atoms with Gasteiger partial charge in [0.25, 0.3) is 0 Å². The summed E-state index contributed by atoms with van der Waals surface area (Å²) < 4.78 is 48.9. The normalized spacial score (nSPS) is 11.8. The number of hydrogen-bond acceptors (Lipinski definition) is 16. The molecule has 4 N–H and O–H groups in total. The summed E-state index contributed by atoms with van der Waals surface area (Å²) in [6.45, 7) is 7.20. The molecule has 0 saturated heterocycles. The van der Waals surface area contributed by atoms with Crippen LogP contribution in [0.3, 0.4) is 0 Å². The molecule has 0 amide bonds. The van der Waals surface area contributed by atoms with Gasteiger partial charge in [-0.05, 0) is 63.8 Å². The first kappa shape index (κ1) is 84.4. The van der Waals surface area contributed by atoms with Gasteiger partial charge in [0.2, 0.25) is 0 Å². The fourth-order valence-electron chi connectivity index (χ4n) is 10.8. The molecule has 536 valence electrons. The SMILES string of the molecule is CCCCCCCCCCCCOc1cc(OCCCCCCCCCCCC)cc(C(=O)OCC(COC(=O)c2cc(OCCCCCCCCCCCC)cc(OCCCCCCCCCCCC)c2)(COC(=O)C(C)(CO)CO)COC(=O)C(C)(CO)CO)c1. The number of benzene rings is 2. The van der Waals surface area contributed by atoms with E-state index >= 15 is 0 Å². The van der Waals surface area contributed by atoms with Crippen LogP contribution in [0.15, 0.2) is 36.4 Å². The van der Waals surface area contributed by atoms with Crippen LogP contribution in [0.4, 0.5) is 0 Å². The van der Waals surface area contributed by atoms with Crippen LogP contribution in [0.1, 0.15) is 319 Å². The molecule has 0 aromatic heterocycles. The van der Waals surface area contributed by atoms with Crippen molar-refractivity contribution in [1.29, 1.82) is 0 Å². The Bertz CT molecular complexity index is 1950. The van der Waals surface area contributed by atoms with Gasteiger partial charge in [0, 0.05) is 12.1 Å². The summed E-state index contributed by atoms with van der Waals surface area (Å²) >= 11 is 0. The number of aliphatic hydroxyl groups excluding tert-OH is 4. The highest BCUT2D eigenvalue weighted by molar-refractivity contribution is 5.91. The van der Waals surface area contributed by atoms with E-state index in [4.69, 9.17) is 37.9 Å². The molecular weight excluding hydrogens is 1180 g/mol. The second-order valence-electron chi connectivity index (χ2n) is 27.1. The van der Waals surface area contributed by atoms with Crippen LogP contribution in [0.2, 0.25) is 0 Å². The molecule has 0 fully saturated rings. The topological polar surface area (TPSA) is 223 Å². The van der Waals surface area contributed by atoms with E-state index in [0.29, 0.717) is 49.4 Å². The molecular formula is C77H132O16. The van der Waals surface area contributed by atoms with Gasteiger partial charge < -0.3 is 58.3 Å². The minimum atomic E-state index is -1.87. The van der Waals surface area contributed by atoms with Crippen molar-refractivity contribution in [1.82, 2.24) is 0 Å². The third-order valence-electron chi connectivity index (χ3n) is 17.7. The van der Waals surface area contributed by atoms with E-state index < -0.39 is 93.0 Å². The molecule has 0 saturated carbocycles. The Morgan fingerprint density at radius 1 is 0.290 bits per heavy atom. The van der Waals surface area contributed by atoms with E-state index in [1.165, 1.54) is 194 Å². The molecule has 0 aliphatic carbocycles. The van der Waals surface area contributed by atoms with Crippen molar-refractivity contribution in [3.8, 4) is 23.0 Å². The molecule has 0 spiro atoms. The maximum Gasteiger partial charge on any atom is 0.338 e. The summed E-state index contributed by atoms with van der Waals surface area (Å²) in [5, 5.41) is 40.8. The number of carbonyl (C=O) groups excluding carboxylic acids is 4. The lowest BCUT2D eigenvalue weighted by Gasteiger charge is -2.34. The van der Waals surface area contributed by atoms with E-state index in [9.17, 15) is 39.6 Å². The third-order valence-corrected chi connectivity index (χ3v) is 17.7. The first-order valence-electron chi connectivity index (χ1n) is 37.1. The van der Waals surface area contributed by atoms with Gasteiger partial charge in [-0.2, -0.15) is 0 Å². The number of hydrogen-bond donors (Lipinski definition) is 4. The van der Waals surface area contributed by atoms with Crippen LogP contribution in [-0.4, -0.2) is 124 Å². The molecule has 16 nitrogen and oxygen atoms in total. The van der Waals surface area contributed by atoms with Crippen molar-refractivity contribution < 1.29 is 77.5 Å². The van der Waals surface area contributed by atoms with Gasteiger partial charge in [-0.25, -0.2) is 9.59 Å². The fourth-order valence-corrected chi connectivity index (χ4v) is 10.8. The van der Waals surface area contributed by atoms with Crippen LogP contribution in [-0.2, 0) is 28.5 Å². The Kier molecular flexibility index (Phi) is 49.5. The third kappa shape index (κ3) is 39.2. The molecule has 0 heterocycles. The van der Waals surface area contributed by atoms with E-state index in [1.54, 1.807) is 36.4 Å². The summed E-state index contributed by atoms with van der Waals surface area (Å²) in [6, 6.07) is 9.79. The lowest BCUT2D eigenvalue weighted by molar-refractivity contribution is -0.175. The van der Waals surface area contributed by atoms with Crippen LogP contribution < -0.4 is 18.9 Å². The summed E-state index contributed by atoms with van der Waals surface area (Å²) in [5.41, 5.74) is -5.27. The molecule has 2 aromatic rings. The first-order valence-corrected chi connectivity index (χ1v) is 37.1. The van der Waals surface area contributed by atoms with Crippen molar-refractivity contribution in [2.75, 3.05) is 79.3 Å². The van der Waals surface area contributed by atoms with Crippen LogP contribution in [0, 0.1) is 16.2 Å². The Hall–Kier alpha value is -4.64. The number of unbranched alkanes of at least 4 members (excludes halogenated alkanes) is 36. The smallest absolute Gasteiger partial charge is 0.338 e. The molecule has 2 rings (SSSR count). The van der Waals surface area contributed by atoms with Crippen LogP contribution in [0.5, 0.6) is 23.0 Å². The van der Waals surface area contributed by atoms with Gasteiger partial charge in [0.15, 0.2) is 0 Å². The molecule has 0 bridgehead atoms. The Balaban J connectivity index is 2.53. The van der Waals surface area contributed by atoms with Gasteiger partial charge in [0.1, 0.15) is 65.7 Å². The molecule has 0 atom stereocenters. The fraction of sp³-hybridized carbons (Fsp3) is 0.792. The largest absolute Gasteiger partial charge is 0.493 e. The van der Waals surface area contributed by atoms with E-state index in [0.717, 1.165) is 77.0 Å². The highest BCUT2D eigenvalue weighted by Crippen LogP contribution is 2.31. The predicted molar refractivity (Wildman–Crippen MR) is 372 cm³/mol. The van der Waals surface area contributed by atoms with Gasteiger partial charge in [-0.1, -0.05) is 259 Å². The maximum atomic E-state index is 14.5. The zero-order valence-corrected chi connectivity index (χ0v) is 59.4. The molecule has 2 aromatic carbocycles. The Morgan fingerprint density at radius 3 is 0.688 bits per heavy atom. The van der Waals surface area contributed by atoms with Gasteiger partial charge >= 0.3 is 23.9 Å². The summed E-state index contributed by atoms with van der Waals surface area (Å²) in [5.74, 6) is -2.15. The predicted octanol–water partition coefficient (Wildman–Crippen LogP) is 18.0. The number of esters is 4. The molecule has 0 aliphatic heterocycles. The minimum absolute atomic E-state index is 0.0785. The van der Waals surface area contributed by atoms with Gasteiger partial charge in [-0.15, -0.1) is 0 Å². The van der Waals surface area contributed by atoms with Crippen LogP contribution >= 0.6 is 0 Å². The monoisotopic (exact) mass is 1310 g/mol. The molecule has 0 aliphatic rings. The number of ether oxygens (including phenoxy) is 8. The highest BCUT2D eigenvalue weighted by atomic mass is 16.6. The summed E-state index contributed by atoms with van der Waals surface area (Å²) in [7, 11) is 0. The lowest BCUT2D eigenvalue weighted by atomic mass is 9.90. The zero-order valence-electron chi connectivity index (χ0n) is 59.4. The second kappa shape index (κ2) is 54.5. The Morgan fingerprint density at radius 2 is 0.484 bits per heavy atom. The molecule has 16 heteroatoms. The molecule has 0 unspecified atom stereocenters.